The van der Waals surface area contributed by atoms with Gasteiger partial charge in [0.25, 0.3) is 0 Å². The molecule has 3 aliphatic heterocycles. The highest BCUT2D eigenvalue weighted by Crippen LogP contribution is 2.52. The summed E-state index contributed by atoms with van der Waals surface area (Å²) in [6.45, 7) is -4.74. The maximum Gasteiger partial charge on any atom is 0.403 e. The van der Waals surface area contributed by atoms with Crippen molar-refractivity contribution in [3.8, 4) is 0 Å². The van der Waals surface area contributed by atoms with E-state index in [1.807, 2.05) is 0 Å². The molecule has 0 aromatic carbocycles. The van der Waals surface area contributed by atoms with Crippen LogP contribution >= 0.6 is 26.7 Å². The summed E-state index contributed by atoms with van der Waals surface area (Å²) in [7, 11) is -4.48. The number of ether oxygens (including phenoxy) is 2. The predicted octanol–water partition coefficient (Wildman–Crippen LogP) is -0.522. The minimum atomic E-state index is -4.48. The molecule has 20 nitrogen and oxygen atoms in total. The van der Waals surface area contributed by atoms with E-state index < -0.39 is 63.9 Å². The number of imidazole rings is 2. The molecule has 0 spiro atoms. The molecule has 9 atom stereocenters. The number of thiol groups is 1. The van der Waals surface area contributed by atoms with E-state index in [1.165, 1.54) is 29.9 Å². The summed E-state index contributed by atoms with van der Waals surface area (Å²) in [5, 5.41) is 16.6. The average Bonchev–Trinajstić information content (AvgIpc) is 3.72. The summed E-state index contributed by atoms with van der Waals surface area (Å²) in [6, 6.07) is -1.92. The summed E-state index contributed by atoms with van der Waals surface area (Å²) >= 11 is 4.22. The van der Waals surface area contributed by atoms with Gasteiger partial charge in [0.1, 0.15) is 42.1 Å². The van der Waals surface area contributed by atoms with Gasteiger partial charge in [-0.15, -0.1) is 0 Å². The lowest BCUT2D eigenvalue weighted by Gasteiger charge is -2.29. The number of nitrogen functional groups attached to an aromatic ring is 2. The number of aliphatic hydroxyl groups is 1. The summed E-state index contributed by atoms with van der Waals surface area (Å²) in [6.07, 6.45) is 0.294. The molecule has 8 N–H and O–H groups in total. The number of aliphatic hydroxyl groups excluding tert-OH is 1. The number of aromatic nitrogens is 8. The minimum absolute atomic E-state index is 0.123. The molecule has 2 unspecified atom stereocenters. The highest BCUT2D eigenvalue weighted by atomic mass is 32.7. The first-order valence-electron chi connectivity index (χ1n) is 12.8. The predicted molar refractivity (Wildman–Crippen MR) is 150 cm³/mol. The fourth-order valence-corrected chi connectivity index (χ4v) is 8.26. The Hall–Kier alpha value is -2.81. The van der Waals surface area contributed by atoms with Gasteiger partial charge in [-0.25, -0.2) is 44.6 Å². The van der Waals surface area contributed by atoms with E-state index in [2.05, 4.69) is 52.3 Å². The normalized spacial score (nSPS) is 37.1. The monoisotopic (exact) mass is 656 g/mol. The number of nitrogens with zero attached hydrogens (tertiary/aromatic N) is 8. The van der Waals surface area contributed by atoms with Crippen molar-refractivity contribution in [3.05, 3.63) is 25.3 Å². The summed E-state index contributed by atoms with van der Waals surface area (Å²) in [4.78, 5) is 35.4. The maximum atomic E-state index is 13.5. The molecule has 4 aromatic rings. The van der Waals surface area contributed by atoms with E-state index in [-0.39, 0.29) is 35.8 Å². The van der Waals surface area contributed by atoms with Gasteiger partial charge in [0.15, 0.2) is 29.2 Å². The Labute approximate surface area is 246 Å². The van der Waals surface area contributed by atoms with Crippen LogP contribution in [0, 0.1) is 0 Å². The average molecular weight is 657 g/mol. The standard InChI is InChI=1S/C20H26N12O8P2S/c21-16-13-18(25-4-23-16)31(6-27-13)11-1-8-9(39-11)2-38-42(36,43)30-12-10(3-37-41(34,35)29-8)40-20(15(12)33)32-7-28-14-17(22)24-5-26-19(14)32/h4-12,15,20,33H,1-3H2,(H2,21,23,25)(H2,22,24,26)(H2,29,34,35)(H2,30,36,43)/t8-,9+,10+,11+,12+,15+,20+,42?/m0/s1. The lowest BCUT2D eigenvalue weighted by molar-refractivity contribution is -0.0473. The quantitative estimate of drug-likeness (QED) is 0.106. The Bertz CT molecular complexity index is 1790. The van der Waals surface area contributed by atoms with Crippen LogP contribution in [-0.2, 0) is 27.7 Å². The zero-order valence-corrected chi connectivity index (χ0v) is 24.6. The molecule has 7 heterocycles. The Morgan fingerprint density at radius 3 is 2.21 bits per heavy atom. The van der Waals surface area contributed by atoms with Crippen LogP contribution in [0.1, 0.15) is 18.9 Å². The van der Waals surface area contributed by atoms with Crippen LogP contribution in [0.3, 0.4) is 0 Å². The van der Waals surface area contributed by atoms with Gasteiger partial charge in [-0.3, -0.25) is 18.2 Å². The Morgan fingerprint density at radius 2 is 1.51 bits per heavy atom. The van der Waals surface area contributed by atoms with Crippen LogP contribution in [0.2, 0.25) is 0 Å². The molecule has 0 aliphatic carbocycles. The van der Waals surface area contributed by atoms with Gasteiger partial charge in [0.2, 0.25) is 0 Å². The van der Waals surface area contributed by atoms with E-state index in [0.29, 0.717) is 11.2 Å². The molecule has 230 valence electrons. The third-order valence-electron chi connectivity index (χ3n) is 7.44. The second-order valence-corrected chi connectivity index (χ2v) is 14.8. The first-order chi connectivity index (χ1) is 20.5. The van der Waals surface area contributed by atoms with Crippen molar-refractivity contribution in [1.82, 2.24) is 49.2 Å². The van der Waals surface area contributed by atoms with Gasteiger partial charge >= 0.3 is 14.5 Å². The van der Waals surface area contributed by atoms with Crippen LogP contribution in [-0.4, -0.2) is 92.6 Å². The molecule has 0 saturated carbocycles. The molecule has 3 fully saturated rings. The van der Waals surface area contributed by atoms with Crippen LogP contribution < -0.4 is 21.6 Å². The van der Waals surface area contributed by atoms with Gasteiger partial charge in [-0.05, 0) is 0 Å². The number of fused-ring (bicyclic) bond motifs is 4. The zero-order chi connectivity index (χ0) is 30.1. The minimum Gasteiger partial charge on any atom is -0.387 e. The molecule has 7 rings (SSSR count). The molecule has 0 bridgehead atoms. The Morgan fingerprint density at radius 1 is 0.884 bits per heavy atom. The summed E-state index contributed by atoms with van der Waals surface area (Å²) < 4.78 is 52.9. The number of anilines is 2. The van der Waals surface area contributed by atoms with Gasteiger partial charge in [0.05, 0.1) is 44.1 Å². The SMILES string of the molecule is Nc1ncnc2c1ncn2[C@@H]1O[C@@H]2COP(=O)(O)N[C@H]3C[C@H](n4cnc5c(N)ncnc54)O[C@@H]3COP(=O)(S)N[C@H]2[C@H]1O. The number of nitrogens with one attached hydrogen (secondary N) is 2. The summed E-state index contributed by atoms with van der Waals surface area (Å²) in [5.41, 5.74) is 13.1. The lowest BCUT2D eigenvalue weighted by atomic mass is 10.1. The van der Waals surface area contributed by atoms with Crippen LogP contribution in [0.5, 0.6) is 0 Å². The lowest BCUT2D eigenvalue weighted by Crippen LogP contribution is -2.45. The highest BCUT2D eigenvalue weighted by molar-refractivity contribution is 8.45. The number of nitrogens with two attached hydrogens (primary N) is 2. The number of hydrogen-bond donors (Lipinski definition) is 7. The zero-order valence-electron chi connectivity index (χ0n) is 21.9. The fraction of sp³-hybridized carbons (Fsp3) is 0.500. The van der Waals surface area contributed by atoms with Crippen molar-refractivity contribution in [1.29, 1.82) is 0 Å². The maximum absolute atomic E-state index is 13.5. The van der Waals surface area contributed by atoms with E-state index in [1.54, 1.807) is 4.57 Å². The molecule has 23 heteroatoms. The molecule has 0 amide bonds. The van der Waals surface area contributed by atoms with Crippen LogP contribution in [0.4, 0.5) is 11.6 Å². The summed E-state index contributed by atoms with van der Waals surface area (Å²) in [5.74, 6) is 0.305. The van der Waals surface area contributed by atoms with Crippen molar-refractivity contribution in [2.45, 2.75) is 49.3 Å². The third-order valence-corrected chi connectivity index (χ3v) is 10.4. The number of hydrogen-bond acceptors (Lipinski definition) is 15. The largest absolute Gasteiger partial charge is 0.403 e. The number of rotatable bonds is 2. The Kier molecular flexibility index (Phi) is 7.18. The van der Waals surface area contributed by atoms with Crippen molar-refractivity contribution >= 4 is 60.7 Å². The fourth-order valence-electron chi connectivity index (χ4n) is 5.42. The Balaban J connectivity index is 1.15. The van der Waals surface area contributed by atoms with E-state index >= 15 is 0 Å². The molecular formula is C20H26N12O8P2S. The van der Waals surface area contributed by atoms with Crippen molar-refractivity contribution < 1.29 is 37.7 Å². The highest BCUT2D eigenvalue weighted by Gasteiger charge is 2.50. The van der Waals surface area contributed by atoms with Gasteiger partial charge in [-0.2, -0.15) is 0 Å². The van der Waals surface area contributed by atoms with E-state index in [4.69, 9.17) is 30.0 Å². The van der Waals surface area contributed by atoms with Crippen molar-refractivity contribution in [2.75, 3.05) is 24.7 Å². The van der Waals surface area contributed by atoms with E-state index in [0.717, 1.165) is 0 Å². The second kappa shape index (κ2) is 10.7. The van der Waals surface area contributed by atoms with Crippen LogP contribution in [0.15, 0.2) is 25.3 Å². The van der Waals surface area contributed by atoms with Crippen LogP contribution in [0.25, 0.3) is 22.3 Å². The molecule has 4 aromatic heterocycles. The first-order valence-corrected chi connectivity index (χ1v) is 17.2. The van der Waals surface area contributed by atoms with Gasteiger partial charge in [-0.1, -0.05) is 12.2 Å². The molecule has 3 aliphatic rings. The topological polar surface area (TPSA) is 275 Å². The molecule has 3 saturated heterocycles. The molecule has 43 heavy (non-hydrogen) atoms. The molecular weight excluding hydrogens is 630 g/mol. The van der Waals surface area contributed by atoms with Crippen molar-refractivity contribution in [3.63, 3.8) is 0 Å². The van der Waals surface area contributed by atoms with Gasteiger partial charge < -0.3 is 35.5 Å². The van der Waals surface area contributed by atoms with Gasteiger partial charge in [0, 0.05) is 6.42 Å². The third kappa shape index (κ3) is 5.29. The second-order valence-electron chi connectivity index (χ2n) is 10.1. The first kappa shape index (κ1) is 28.9. The van der Waals surface area contributed by atoms with Crippen molar-refractivity contribution in [2.24, 2.45) is 0 Å². The molecule has 0 radical (unpaired) electrons. The van der Waals surface area contributed by atoms with E-state index in [9.17, 15) is 19.1 Å². The smallest absolute Gasteiger partial charge is 0.387 e.